The van der Waals surface area contributed by atoms with Crippen LogP contribution in [0.1, 0.15) is 20.8 Å². The average Bonchev–Trinajstić information content (AvgIpc) is 3.23. The van der Waals surface area contributed by atoms with Crippen molar-refractivity contribution in [1.29, 1.82) is 0 Å². The Morgan fingerprint density at radius 2 is 1.66 bits per heavy atom. The Morgan fingerprint density at radius 1 is 1.00 bits per heavy atom. The summed E-state index contributed by atoms with van der Waals surface area (Å²) in [5, 5.41) is 5.98. The van der Waals surface area contributed by atoms with E-state index in [1.807, 2.05) is 42.6 Å². The molecule has 1 aromatic heterocycles. The van der Waals surface area contributed by atoms with Crippen LogP contribution in [0.3, 0.4) is 0 Å². The number of rotatable bonds is 7. The van der Waals surface area contributed by atoms with Gasteiger partial charge in [-0.1, -0.05) is 29.8 Å². The van der Waals surface area contributed by atoms with Crippen LogP contribution in [0.15, 0.2) is 52.9 Å². The zero-order valence-corrected chi connectivity index (χ0v) is 17.5. The molecule has 0 unspecified atom stereocenters. The van der Waals surface area contributed by atoms with Crippen LogP contribution in [0.5, 0.6) is 17.2 Å². The molecule has 3 rings (SSSR count). The number of ether oxygens (including phenoxy) is 3. The Morgan fingerprint density at radius 3 is 2.24 bits per heavy atom. The number of hydrogen-bond donors (Lipinski definition) is 1. The van der Waals surface area contributed by atoms with Crippen molar-refractivity contribution in [2.75, 3.05) is 21.3 Å². The molecule has 0 bridgehead atoms. The fourth-order valence-electron chi connectivity index (χ4n) is 2.84. The number of benzene rings is 2. The van der Waals surface area contributed by atoms with E-state index >= 15 is 0 Å². The molecule has 0 spiro atoms. The van der Waals surface area contributed by atoms with E-state index in [2.05, 4.69) is 10.5 Å². The summed E-state index contributed by atoms with van der Waals surface area (Å²) in [5.74, 6) is 1.26. The Balaban J connectivity index is 1.77. The average molecular weight is 410 g/mol. The lowest BCUT2D eigenvalue weighted by Crippen LogP contribution is -2.17. The summed E-state index contributed by atoms with van der Waals surface area (Å²) in [4.78, 5) is 13.2. The highest BCUT2D eigenvalue weighted by molar-refractivity contribution is 7.12. The van der Waals surface area contributed by atoms with Crippen LogP contribution in [0.4, 0.5) is 0 Å². The van der Waals surface area contributed by atoms with E-state index in [1.54, 1.807) is 33.5 Å². The molecule has 1 amide bonds. The highest BCUT2D eigenvalue weighted by Gasteiger charge is 2.15. The standard InChI is InChI=1S/C22H22N2O4S/c1-14-5-7-16(8-6-14)17-9-10-29-21(17)22(25)24-23-13-15-11-18(26-2)20(28-4)19(12-15)27-3/h5-13H,1-4H3,(H,24,25)/b23-13-. The van der Waals surface area contributed by atoms with Crippen LogP contribution in [0.25, 0.3) is 11.1 Å². The summed E-state index contributed by atoms with van der Waals surface area (Å²) in [5.41, 5.74) is 6.34. The summed E-state index contributed by atoms with van der Waals surface area (Å²) in [6.45, 7) is 2.03. The Labute approximate surface area is 173 Å². The normalized spacial score (nSPS) is 10.8. The van der Waals surface area contributed by atoms with Gasteiger partial charge in [-0.25, -0.2) is 5.43 Å². The molecular formula is C22H22N2O4S. The molecule has 0 aliphatic heterocycles. The van der Waals surface area contributed by atoms with Gasteiger partial charge in [0.15, 0.2) is 11.5 Å². The molecule has 6 nitrogen and oxygen atoms in total. The van der Waals surface area contributed by atoms with Gasteiger partial charge in [0.1, 0.15) is 4.88 Å². The van der Waals surface area contributed by atoms with Crippen molar-refractivity contribution < 1.29 is 19.0 Å². The lowest BCUT2D eigenvalue weighted by atomic mass is 10.1. The molecule has 0 aliphatic rings. The first-order valence-electron chi connectivity index (χ1n) is 8.85. The highest BCUT2D eigenvalue weighted by Crippen LogP contribution is 2.37. The monoisotopic (exact) mass is 410 g/mol. The van der Waals surface area contributed by atoms with Crippen LogP contribution in [0.2, 0.25) is 0 Å². The number of nitrogens with one attached hydrogen (secondary N) is 1. The second kappa shape index (κ2) is 9.25. The number of nitrogens with zero attached hydrogens (tertiary/aromatic N) is 1. The van der Waals surface area contributed by atoms with Crippen LogP contribution in [-0.4, -0.2) is 33.5 Å². The quantitative estimate of drug-likeness (QED) is 0.460. The lowest BCUT2D eigenvalue weighted by molar-refractivity contribution is 0.0960. The Kier molecular flexibility index (Phi) is 6.51. The van der Waals surface area contributed by atoms with Gasteiger partial charge in [-0.05, 0) is 36.1 Å². The number of hydrogen-bond acceptors (Lipinski definition) is 6. The Hall–Kier alpha value is -3.32. The number of carbonyl (C=O) groups is 1. The maximum absolute atomic E-state index is 12.6. The summed E-state index contributed by atoms with van der Waals surface area (Å²) in [6, 6.07) is 13.5. The zero-order chi connectivity index (χ0) is 20.8. The summed E-state index contributed by atoms with van der Waals surface area (Å²) in [7, 11) is 4.63. The number of aryl methyl sites for hydroxylation is 1. The fourth-order valence-corrected chi connectivity index (χ4v) is 3.64. The molecular weight excluding hydrogens is 388 g/mol. The van der Waals surface area contributed by atoms with Crippen LogP contribution >= 0.6 is 11.3 Å². The third kappa shape index (κ3) is 4.57. The summed E-state index contributed by atoms with van der Waals surface area (Å²) < 4.78 is 16.0. The van der Waals surface area contributed by atoms with Gasteiger partial charge < -0.3 is 14.2 Å². The van der Waals surface area contributed by atoms with Gasteiger partial charge in [0.25, 0.3) is 5.91 Å². The minimum atomic E-state index is -0.265. The van der Waals surface area contributed by atoms with Gasteiger partial charge in [-0.15, -0.1) is 11.3 Å². The van der Waals surface area contributed by atoms with E-state index in [1.165, 1.54) is 23.1 Å². The molecule has 1 heterocycles. The van der Waals surface area contributed by atoms with Crippen LogP contribution in [0, 0.1) is 6.92 Å². The maximum atomic E-state index is 12.6. The van der Waals surface area contributed by atoms with E-state index in [9.17, 15) is 4.79 Å². The van der Waals surface area contributed by atoms with Gasteiger partial charge >= 0.3 is 0 Å². The van der Waals surface area contributed by atoms with E-state index < -0.39 is 0 Å². The Bertz CT molecular complexity index is 1000. The molecule has 3 aromatic rings. The van der Waals surface area contributed by atoms with Crippen molar-refractivity contribution >= 4 is 23.5 Å². The van der Waals surface area contributed by atoms with Crippen molar-refractivity contribution in [2.24, 2.45) is 5.10 Å². The van der Waals surface area contributed by atoms with Crippen LogP contribution < -0.4 is 19.6 Å². The SMILES string of the molecule is COc1cc(/C=N\NC(=O)c2sccc2-c2ccc(C)cc2)cc(OC)c1OC. The van der Waals surface area contributed by atoms with Gasteiger partial charge in [-0.3, -0.25) is 4.79 Å². The van der Waals surface area contributed by atoms with Crippen molar-refractivity contribution in [3.05, 3.63) is 63.8 Å². The molecule has 0 fully saturated rings. The van der Waals surface area contributed by atoms with Crippen molar-refractivity contribution in [3.63, 3.8) is 0 Å². The van der Waals surface area contributed by atoms with Gasteiger partial charge in [-0.2, -0.15) is 5.10 Å². The largest absolute Gasteiger partial charge is 0.493 e. The molecule has 0 atom stereocenters. The van der Waals surface area contributed by atoms with Crippen molar-refractivity contribution in [3.8, 4) is 28.4 Å². The predicted molar refractivity (Wildman–Crippen MR) is 116 cm³/mol. The van der Waals surface area contributed by atoms with E-state index in [4.69, 9.17) is 14.2 Å². The van der Waals surface area contributed by atoms with Gasteiger partial charge in [0, 0.05) is 11.1 Å². The predicted octanol–water partition coefficient (Wildman–Crippen LogP) is 4.51. The molecule has 29 heavy (non-hydrogen) atoms. The van der Waals surface area contributed by atoms with Crippen molar-refractivity contribution in [2.45, 2.75) is 6.92 Å². The first-order valence-corrected chi connectivity index (χ1v) is 9.73. The maximum Gasteiger partial charge on any atom is 0.282 e. The molecule has 150 valence electrons. The van der Waals surface area contributed by atoms with E-state index in [-0.39, 0.29) is 5.91 Å². The lowest BCUT2D eigenvalue weighted by Gasteiger charge is -2.12. The third-order valence-corrected chi connectivity index (χ3v) is 5.21. The molecule has 1 N–H and O–H groups in total. The molecule has 0 saturated heterocycles. The highest BCUT2D eigenvalue weighted by atomic mass is 32.1. The number of carbonyl (C=O) groups excluding carboxylic acids is 1. The molecule has 0 radical (unpaired) electrons. The number of methoxy groups -OCH3 is 3. The summed E-state index contributed by atoms with van der Waals surface area (Å²) in [6.07, 6.45) is 1.53. The molecule has 0 saturated carbocycles. The molecule has 2 aromatic carbocycles. The van der Waals surface area contributed by atoms with E-state index in [0.29, 0.717) is 27.7 Å². The molecule has 7 heteroatoms. The number of thiophene rings is 1. The second-order valence-corrected chi connectivity index (χ2v) is 7.10. The minimum Gasteiger partial charge on any atom is -0.493 e. The summed E-state index contributed by atoms with van der Waals surface area (Å²) >= 11 is 1.38. The first kappa shape index (κ1) is 20.4. The van der Waals surface area contributed by atoms with Crippen LogP contribution in [-0.2, 0) is 0 Å². The smallest absolute Gasteiger partial charge is 0.282 e. The van der Waals surface area contributed by atoms with Gasteiger partial charge in [0.05, 0.1) is 27.5 Å². The van der Waals surface area contributed by atoms with Gasteiger partial charge in [0.2, 0.25) is 5.75 Å². The second-order valence-electron chi connectivity index (χ2n) is 6.19. The minimum absolute atomic E-state index is 0.265. The molecule has 0 aliphatic carbocycles. The zero-order valence-electron chi connectivity index (χ0n) is 16.7. The first-order chi connectivity index (χ1) is 14.1. The van der Waals surface area contributed by atoms with Crippen molar-refractivity contribution in [1.82, 2.24) is 5.43 Å². The number of amides is 1. The third-order valence-electron chi connectivity index (χ3n) is 4.30. The fraction of sp³-hybridized carbons (Fsp3) is 0.182. The number of hydrazone groups is 1. The topological polar surface area (TPSA) is 69.2 Å². The van der Waals surface area contributed by atoms with E-state index in [0.717, 1.165) is 11.1 Å².